The molecule has 1 aromatic carbocycles. The van der Waals surface area contributed by atoms with Gasteiger partial charge in [0.25, 0.3) is 0 Å². The first-order valence-corrected chi connectivity index (χ1v) is 6.47. The number of rotatable bonds is 5. The van der Waals surface area contributed by atoms with Crippen molar-refractivity contribution in [2.45, 2.75) is 13.3 Å². The third-order valence-electron chi connectivity index (χ3n) is 3.02. The number of likely N-dealkylation sites (N-methyl/N-ethyl adjacent to an activating group) is 1. The zero-order valence-electron chi connectivity index (χ0n) is 11.7. The first-order chi connectivity index (χ1) is 9.20. The fraction of sp³-hybridized carbons (Fsp3) is 0.333. The number of hydrogen-bond donors (Lipinski definition) is 1. The highest BCUT2D eigenvalue weighted by Crippen LogP contribution is 2.21. The first kappa shape index (κ1) is 13.5. The lowest BCUT2D eigenvalue weighted by atomic mass is 10.2. The summed E-state index contributed by atoms with van der Waals surface area (Å²) in [6.45, 7) is 2.98. The minimum absolute atomic E-state index is 0.839. The van der Waals surface area contributed by atoms with Gasteiger partial charge in [-0.25, -0.2) is 9.97 Å². The molecular weight excluding hydrogens is 236 g/mol. The van der Waals surface area contributed by atoms with Gasteiger partial charge < -0.3 is 10.2 Å². The van der Waals surface area contributed by atoms with Gasteiger partial charge in [0.2, 0.25) is 0 Å². The van der Waals surface area contributed by atoms with Crippen LogP contribution in [0.1, 0.15) is 11.4 Å². The van der Waals surface area contributed by atoms with Gasteiger partial charge in [0.15, 0.2) is 0 Å². The quantitative estimate of drug-likeness (QED) is 0.891. The standard InChI is InChI=1S/C15H20N4/c1-12-5-4-6-13(11-12)19(3)15-8-10-17-14(18-15)7-9-16-2/h4-6,8,10-11,16H,7,9H2,1-3H3. The maximum Gasteiger partial charge on any atom is 0.136 e. The average molecular weight is 256 g/mol. The summed E-state index contributed by atoms with van der Waals surface area (Å²) in [6.07, 6.45) is 2.66. The molecule has 0 fully saturated rings. The van der Waals surface area contributed by atoms with E-state index in [0.717, 1.165) is 30.3 Å². The van der Waals surface area contributed by atoms with Crippen LogP contribution in [0.4, 0.5) is 11.5 Å². The number of anilines is 2. The van der Waals surface area contributed by atoms with Crippen molar-refractivity contribution in [1.29, 1.82) is 0 Å². The van der Waals surface area contributed by atoms with Crippen LogP contribution in [0.3, 0.4) is 0 Å². The van der Waals surface area contributed by atoms with E-state index >= 15 is 0 Å². The second kappa shape index (κ2) is 6.29. The molecular formula is C15H20N4. The average Bonchev–Trinajstić information content (AvgIpc) is 2.44. The Morgan fingerprint density at radius 1 is 1.26 bits per heavy atom. The number of aryl methyl sites for hydroxylation is 1. The van der Waals surface area contributed by atoms with Crippen LogP contribution in [-0.2, 0) is 6.42 Å². The Hall–Kier alpha value is -1.94. The van der Waals surface area contributed by atoms with Gasteiger partial charge in [0, 0.05) is 31.9 Å². The van der Waals surface area contributed by atoms with E-state index in [-0.39, 0.29) is 0 Å². The molecule has 1 N–H and O–H groups in total. The molecule has 0 aliphatic carbocycles. The monoisotopic (exact) mass is 256 g/mol. The van der Waals surface area contributed by atoms with Gasteiger partial charge in [0.1, 0.15) is 11.6 Å². The lowest BCUT2D eigenvalue weighted by molar-refractivity contribution is 0.754. The molecule has 4 heteroatoms. The predicted molar refractivity (Wildman–Crippen MR) is 78.9 cm³/mol. The molecule has 0 aliphatic rings. The highest BCUT2D eigenvalue weighted by atomic mass is 15.2. The minimum atomic E-state index is 0.839. The van der Waals surface area contributed by atoms with Crippen LogP contribution in [0.5, 0.6) is 0 Å². The molecule has 100 valence electrons. The van der Waals surface area contributed by atoms with E-state index in [1.807, 2.05) is 26.4 Å². The topological polar surface area (TPSA) is 41.1 Å². The summed E-state index contributed by atoms with van der Waals surface area (Å²) in [5.41, 5.74) is 2.38. The number of aromatic nitrogens is 2. The molecule has 0 bridgehead atoms. The van der Waals surface area contributed by atoms with Crippen molar-refractivity contribution in [1.82, 2.24) is 15.3 Å². The third-order valence-corrected chi connectivity index (χ3v) is 3.02. The summed E-state index contributed by atoms with van der Waals surface area (Å²) in [6, 6.07) is 10.3. The van der Waals surface area contributed by atoms with Gasteiger partial charge in [-0.15, -0.1) is 0 Å². The van der Waals surface area contributed by atoms with E-state index < -0.39 is 0 Å². The molecule has 0 saturated heterocycles. The van der Waals surface area contributed by atoms with Gasteiger partial charge in [0.05, 0.1) is 0 Å². The molecule has 0 saturated carbocycles. The smallest absolute Gasteiger partial charge is 0.136 e. The van der Waals surface area contributed by atoms with Crippen LogP contribution < -0.4 is 10.2 Å². The number of nitrogens with one attached hydrogen (secondary N) is 1. The summed E-state index contributed by atoms with van der Waals surface area (Å²) in [5.74, 6) is 1.79. The highest BCUT2D eigenvalue weighted by Gasteiger charge is 2.06. The summed E-state index contributed by atoms with van der Waals surface area (Å²) >= 11 is 0. The van der Waals surface area contributed by atoms with Gasteiger partial charge >= 0.3 is 0 Å². The van der Waals surface area contributed by atoms with Gasteiger partial charge in [-0.1, -0.05) is 12.1 Å². The normalized spacial score (nSPS) is 10.5. The zero-order chi connectivity index (χ0) is 13.7. The second-order valence-corrected chi connectivity index (χ2v) is 4.58. The summed E-state index contributed by atoms with van der Waals surface area (Å²) in [5, 5.41) is 3.11. The van der Waals surface area contributed by atoms with Crippen molar-refractivity contribution in [3.63, 3.8) is 0 Å². The molecule has 0 unspecified atom stereocenters. The van der Waals surface area contributed by atoms with Crippen molar-refractivity contribution in [3.8, 4) is 0 Å². The van der Waals surface area contributed by atoms with Crippen molar-refractivity contribution < 1.29 is 0 Å². The molecule has 4 nitrogen and oxygen atoms in total. The van der Waals surface area contributed by atoms with E-state index in [1.165, 1.54) is 5.56 Å². The molecule has 1 aromatic heterocycles. The molecule has 0 radical (unpaired) electrons. The van der Waals surface area contributed by atoms with Gasteiger partial charge in [-0.3, -0.25) is 0 Å². The maximum atomic E-state index is 4.59. The van der Waals surface area contributed by atoms with Crippen molar-refractivity contribution >= 4 is 11.5 Å². The molecule has 0 spiro atoms. The van der Waals surface area contributed by atoms with E-state index in [4.69, 9.17) is 0 Å². The molecule has 0 atom stereocenters. The fourth-order valence-corrected chi connectivity index (χ4v) is 1.90. The Kier molecular flexibility index (Phi) is 4.47. The van der Waals surface area contributed by atoms with Crippen LogP contribution in [0, 0.1) is 6.92 Å². The third kappa shape index (κ3) is 3.51. The van der Waals surface area contributed by atoms with E-state index in [1.54, 1.807) is 0 Å². The Labute approximate surface area is 114 Å². The van der Waals surface area contributed by atoms with Crippen LogP contribution in [0.15, 0.2) is 36.5 Å². The summed E-state index contributed by atoms with van der Waals surface area (Å²) < 4.78 is 0. The number of hydrogen-bond acceptors (Lipinski definition) is 4. The maximum absolute atomic E-state index is 4.59. The van der Waals surface area contributed by atoms with Gasteiger partial charge in [-0.05, 0) is 37.7 Å². The van der Waals surface area contributed by atoms with Crippen LogP contribution in [-0.4, -0.2) is 30.6 Å². The largest absolute Gasteiger partial charge is 0.329 e. The van der Waals surface area contributed by atoms with Crippen molar-refractivity contribution in [2.24, 2.45) is 0 Å². The minimum Gasteiger partial charge on any atom is -0.329 e. The summed E-state index contributed by atoms with van der Waals surface area (Å²) in [4.78, 5) is 11.0. The van der Waals surface area contributed by atoms with Crippen LogP contribution in [0.25, 0.3) is 0 Å². The first-order valence-electron chi connectivity index (χ1n) is 6.47. The second-order valence-electron chi connectivity index (χ2n) is 4.58. The van der Waals surface area contributed by atoms with Crippen molar-refractivity contribution in [2.75, 3.05) is 25.5 Å². The number of benzene rings is 1. The molecule has 0 aliphatic heterocycles. The predicted octanol–water partition coefficient (Wildman–Crippen LogP) is 2.31. The molecule has 0 amide bonds. The SMILES string of the molecule is CNCCc1nccc(N(C)c2cccc(C)c2)n1. The van der Waals surface area contributed by atoms with Crippen LogP contribution in [0.2, 0.25) is 0 Å². The zero-order valence-corrected chi connectivity index (χ0v) is 11.7. The Morgan fingerprint density at radius 2 is 2.11 bits per heavy atom. The molecule has 2 aromatic rings. The van der Waals surface area contributed by atoms with E-state index in [0.29, 0.717) is 0 Å². The van der Waals surface area contributed by atoms with Gasteiger partial charge in [-0.2, -0.15) is 0 Å². The Balaban J connectivity index is 2.21. The van der Waals surface area contributed by atoms with Crippen LogP contribution >= 0.6 is 0 Å². The van der Waals surface area contributed by atoms with Crippen molar-refractivity contribution in [3.05, 3.63) is 47.9 Å². The summed E-state index contributed by atoms with van der Waals surface area (Å²) in [7, 11) is 3.96. The molecule has 19 heavy (non-hydrogen) atoms. The molecule has 1 heterocycles. The Bertz CT molecular complexity index is 539. The molecule has 2 rings (SSSR count). The number of nitrogens with zero attached hydrogens (tertiary/aromatic N) is 3. The highest BCUT2D eigenvalue weighted by molar-refractivity contribution is 5.59. The Morgan fingerprint density at radius 3 is 2.84 bits per heavy atom. The van der Waals surface area contributed by atoms with E-state index in [2.05, 4.69) is 51.4 Å². The fourth-order valence-electron chi connectivity index (χ4n) is 1.90. The van der Waals surface area contributed by atoms with E-state index in [9.17, 15) is 0 Å². The lowest BCUT2D eigenvalue weighted by Gasteiger charge is -2.19. The lowest BCUT2D eigenvalue weighted by Crippen LogP contribution is -2.15.